The van der Waals surface area contributed by atoms with Gasteiger partial charge in [0.15, 0.2) is 9.90 Å². The quantitative estimate of drug-likeness (QED) is 0.785. The lowest BCUT2D eigenvalue weighted by atomic mass is 10.1. The molecule has 9 heteroatoms. The van der Waals surface area contributed by atoms with Crippen LogP contribution in [0, 0.1) is 5.92 Å². The number of carbonyl (C=O) groups excluding carboxylic acids is 1. The Morgan fingerprint density at radius 2 is 2.40 bits per heavy atom. The molecule has 0 bridgehead atoms. The third-order valence-electron chi connectivity index (χ3n) is 3.27. The van der Waals surface area contributed by atoms with Crippen LogP contribution in [0.5, 0.6) is 0 Å². The molecule has 0 amide bonds. The van der Waals surface area contributed by atoms with Crippen molar-refractivity contribution in [2.75, 3.05) is 26.8 Å². The summed E-state index contributed by atoms with van der Waals surface area (Å²) in [4.78, 5) is 15.3. The number of hydrogen-bond donors (Lipinski definition) is 1. The van der Waals surface area contributed by atoms with Gasteiger partial charge in [0, 0.05) is 19.7 Å². The number of ether oxygens (including phenoxy) is 1. The van der Waals surface area contributed by atoms with E-state index < -0.39 is 16.0 Å². The normalized spacial score (nSPS) is 20.2. The average Bonchev–Trinajstić information content (AvgIpc) is 3.07. The van der Waals surface area contributed by atoms with E-state index in [4.69, 9.17) is 5.11 Å². The van der Waals surface area contributed by atoms with Crippen molar-refractivity contribution in [1.82, 2.24) is 9.29 Å². The first-order chi connectivity index (χ1) is 9.50. The molecule has 1 saturated heterocycles. The molecule has 2 heterocycles. The van der Waals surface area contributed by atoms with Gasteiger partial charge < -0.3 is 9.84 Å². The molecule has 1 aromatic heterocycles. The van der Waals surface area contributed by atoms with Crippen LogP contribution in [0.15, 0.2) is 9.72 Å². The SMILES string of the molecule is COC(=O)c1ncsc1S(=O)(=O)N1CCC(CCO)C1. The van der Waals surface area contributed by atoms with E-state index in [1.807, 2.05) is 0 Å². The lowest BCUT2D eigenvalue weighted by Gasteiger charge is -2.15. The van der Waals surface area contributed by atoms with Gasteiger partial charge >= 0.3 is 5.97 Å². The Morgan fingerprint density at radius 3 is 3.05 bits per heavy atom. The monoisotopic (exact) mass is 320 g/mol. The number of thiazole rings is 1. The number of methoxy groups -OCH3 is 1. The molecule has 0 spiro atoms. The molecule has 1 aromatic rings. The van der Waals surface area contributed by atoms with Crippen molar-refractivity contribution in [3.63, 3.8) is 0 Å². The van der Waals surface area contributed by atoms with Crippen molar-refractivity contribution in [2.24, 2.45) is 5.92 Å². The molecule has 1 N–H and O–H groups in total. The van der Waals surface area contributed by atoms with Gasteiger partial charge in [0.2, 0.25) is 0 Å². The summed E-state index contributed by atoms with van der Waals surface area (Å²) in [5.41, 5.74) is 1.16. The third kappa shape index (κ3) is 2.85. The number of hydrogen-bond acceptors (Lipinski definition) is 7. The van der Waals surface area contributed by atoms with E-state index in [1.54, 1.807) is 0 Å². The number of aliphatic hydroxyl groups is 1. The summed E-state index contributed by atoms with van der Waals surface area (Å²) in [6, 6.07) is 0. The van der Waals surface area contributed by atoms with Crippen molar-refractivity contribution < 1.29 is 23.1 Å². The summed E-state index contributed by atoms with van der Waals surface area (Å²) in [6.07, 6.45) is 1.30. The molecule has 20 heavy (non-hydrogen) atoms. The Labute approximate surface area is 121 Å². The highest BCUT2D eigenvalue weighted by Gasteiger charge is 2.36. The first-order valence-electron chi connectivity index (χ1n) is 6.13. The van der Waals surface area contributed by atoms with Crippen LogP contribution in [-0.4, -0.2) is 55.6 Å². The molecule has 0 aromatic carbocycles. The van der Waals surface area contributed by atoms with Gasteiger partial charge in [0.25, 0.3) is 10.0 Å². The van der Waals surface area contributed by atoms with E-state index in [1.165, 1.54) is 16.9 Å². The van der Waals surface area contributed by atoms with Crippen LogP contribution in [0.25, 0.3) is 0 Å². The number of esters is 1. The molecule has 0 radical (unpaired) electrons. The minimum Gasteiger partial charge on any atom is -0.464 e. The van der Waals surface area contributed by atoms with Crippen molar-refractivity contribution in [2.45, 2.75) is 17.1 Å². The van der Waals surface area contributed by atoms with Gasteiger partial charge in [-0.15, -0.1) is 11.3 Å². The number of carbonyl (C=O) groups is 1. The molecule has 1 fully saturated rings. The Hall–Kier alpha value is -1.03. The van der Waals surface area contributed by atoms with Gasteiger partial charge in [0.05, 0.1) is 12.6 Å². The van der Waals surface area contributed by atoms with Gasteiger partial charge in [-0.2, -0.15) is 4.31 Å². The predicted octanol–water partition coefficient (Wildman–Crippen LogP) is 0.323. The molecule has 112 valence electrons. The Balaban J connectivity index is 2.24. The summed E-state index contributed by atoms with van der Waals surface area (Å²) < 4.78 is 30.8. The van der Waals surface area contributed by atoms with Crippen LogP contribution >= 0.6 is 11.3 Å². The average molecular weight is 320 g/mol. The molecule has 0 saturated carbocycles. The molecule has 2 rings (SSSR count). The van der Waals surface area contributed by atoms with Crippen LogP contribution < -0.4 is 0 Å². The summed E-state index contributed by atoms with van der Waals surface area (Å²) >= 11 is 0.911. The van der Waals surface area contributed by atoms with Gasteiger partial charge in [-0.05, 0) is 18.8 Å². The first kappa shape index (κ1) is 15.4. The summed E-state index contributed by atoms with van der Waals surface area (Å²) in [5.74, 6) is -0.597. The maximum atomic E-state index is 12.5. The Bertz CT molecular complexity index is 583. The highest BCUT2D eigenvalue weighted by molar-refractivity contribution is 7.91. The fourth-order valence-electron chi connectivity index (χ4n) is 2.20. The lowest BCUT2D eigenvalue weighted by Crippen LogP contribution is -2.29. The molecule has 0 aliphatic carbocycles. The molecular formula is C11H16N2O5S2. The number of sulfonamides is 1. The maximum absolute atomic E-state index is 12.5. The second kappa shape index (κ2) is 6.17. The van der Waals surface area contributed by atoms with Crippen LogP contribution in [0.3, 0.4) is 0 Å². The summed E-state index contributed by atoms with van der Waals surface area (Å²) in [5, 5.41) is 8.91. The van der Waals surface area contributed by atoms with Gasteiger partial charge in [-0.1, -0.05) is 0 Å². The lowest BCUT2D eigenvalue weighted by molar-refractivity contribution is 0.0590. The van der Waals surface area contributed by atoms with E-state index in [0.29, 0.717) is 25.9 Å². The fraction of sp³-hybridized carbons (Fsp3) is 0.636. The van der Waals surface area contributed by atoms with Gasteiger partial charge in [-0.25, -0.2) is 18.2 Å². The highest BCUT2D eigenvalue weighted by Crippen LogP contribution is 2.30. The van der Waals surface area contributed by atoms with E-state index in [2.05, 4.69) is 9.72 Å². The zero-order chi connectivity index (χ0) is 14.8. The minimum atomic E-state index is -3.73. The summed E-state index contributed by atoms with van der Waals surface area (Å²) in [6.45, 7) is 0.805. The van der Waals surface area contributed by atoms with Crippen molar-refractivity contribution in [3.05, 3.63) is 11.2 Å². The zero-order valence-electron chi connectivity index (χ0n) is 11.0. The van der Waals surface area contributed by atoms with Gasteiger partial charge in [-0.3, -0.25) is 0 Å². The third-order valence-corrected chi connectivity index (χ3v) is 6.49. The van der Waals surface area contributed by atoms with Crippen LogP contribution in [0.2, 0.25) is 0 Å². The Morgan fingerprint density at radius 1 is 1.65 bits per heavy atom. The highest BCUT2D eigenvalue weighted by atomic mass is 32.2. The van der Waals surface area contributed by atoms with E-state index >= 15 is 0 Å². The van der Waals surface area contributed by atoms with Crippen molar-refractivity contribution in [3.8, 4) is 0 Å². The fourth-order valence-corrected chi connectivity index (χ4v) is 5.00. The molecule has 1 aliphatic heterocycles. The molecule has 1 aliphatic rings. The number of nitrogens with zero attached hydrogens (tertiary/aromatic N) is 2. The Kier molecular flexibility index (Phi) is 4.74. The van der Waals surface area contributed by atoms with Crippen LogP contribution in [0.1, 0.15) is 23.3 Å². The molecule has 1 atom stereocenters. The summed E-state index contributed by atoms with van der Waals surface area (Å²) in [7, 11) is -2.54. The maximum Gasteiger partial charge on any atom is 0.358 e. The van der Waals surface area contributed by atoms with Crippen molar-refractivity contribution >= 4 is 27.3 Å². The topological polar surface area (TPSA) is 96.8 Å². The number of rotatable bonds is 5. The van der Waals surface area contributed by atoms with Crippen LogP contribution in [0.4, 0.5) is 0 Å². The second-order valence-electron chi connectivity index (χ2n) is 4.51. The predicted molar refractivity (Wildman–Crippen MR) is 72.0 cm³/mol. The minimum absolute atomic E-state index is 0.0481. The number of aromatic nitrogens is 1. The molecular weight excluding hydrogens is 304 g/mol. The van der Waals surface area contributed by atoms with E-state index in [0.717, 1.165) is 11.3 Å². The van der Waals surface area contributed by atoms with E-state index in [-0.39, 0.29) is 22.4 Å². The largest absolute Gasteiger partial charge is 0.464 e. The smallest absolute Gasteiger partial charge is 0.358 e. The molecule has 1 unspecified atom stereocenters. The van der Waals surface area contributed by atoms with Crippen LogP contribution in [-0.2, 0) is 14.8 Å². The molecule has 7 nitrogen and oxygen atoms in total. The number of aliphatic hydroxyl groups excluding tert-OH is 1. The zero-order valence-corrected chi connectivity index (χ0v) is 12.6. The van der Waals surface area contributed by atoms with Crippen molar-refractivity contribution in [1.29, 1.82) is 0 Å². The first-order valence-corrected chi connectivity index (χ1v) is 8.45. The standard InChI is InChI=1S/C11H16N2O5S2/c1-18-10(15)9-11(19-7-12-9)20(16,17)13-4-2-8(6-13)3-5-14/h7-8,14H,2-6H2,1H3. The van der Waals surface area contributed by atoms with E-state index in [9.17, 15) is 13.2 Å². The second-order valence-corrected chi connectivity index (χ2v) is 7.50. The van der Waals surface area contributed by atoms with Gasteiger partial charge in [0.1, 0.15) is 0 Å².